The van der Waals surface area contributed by atoms with E-state index in [1.54, 1.807) is 55.4 Å². The molecule has 5 heterocycles. The maximum atomic E-state index is 11.9. The highest BCUT2D eigenvalue weighted by molar-refractivity contribution is 5.86. The van der Waals surface area contributed by atoms with E-state index in [9.17, 15) is 47.9 Å². The van der Waals surface area contributed by atoms with Crippen LogP contribution in [0.4, 0.5) is 0 Å². The van der Waals surface area contributed by atoms with Crippen LogP contribution in [0.5, 0.6) is 0 Å². The Morgan fingerprint density at radius 3 is 1.21 bits per heavy atom. The van der Waals surface area contributed by atoms with Gasteiger partial charge in [0, 0.05) is 31.1 Å². The molecule has 5 aliphatic rings. The van der Waals surface area contributed by atoms with Gasteiger partial charge in [-0.05, 0) is 87.5 Å². The molecular formula is C55H90O20. The van der Waals surface area contributed by atoms with E-state index in [-0.39, 0.29) is 72.4 Å². The van der Waals surface area contributed by atoms with Crippen LogP contribution in [0.15, 0.2) is 0 Å². The van der Waals surface area contributed by atoms with Gasteiger partial charge in [0.1, 0.15) is 17.8 Å². The van der Waals surface area contributed by atoms with Gasteiger partial charge in [-0.25, -0.2) is 14.4 Å². The molecule has 0 radical (unpaired) electrons. The standard InChI is InChI=1S/C12H20O4.3C11H18O4.C10H16O4/c1-5-11(2,3)10(14)16-12(4)6-7-15-9(13)8-12;1-5-10(2,3)8(12)15-11(4)6-7-14-9(11)13;1-5-7(2)9(12)15-8-10(13)14-6-11(8,3)4;1-4-8(2)10(13)15-11(3)5-6-14-9(12)7-11;1-4-7(2)8(11)14-10(3)5-6-13-9(10)12/h5-8H2,1-4H3;5-7H2,1-4H3;7-8H,5-6H2,1-4H3;8H,4-7H2,1-3H3;7H,4-6H2,1-3H3. The van der Waals surface area contributed by atoms with Crippen LogP contribution in [-0.2, 0) is 95.3 Å². The van der Waals surface area contributed by atoms with Gasteiger partial charge in [-0.1, -0.05) is 69.2 Å². The van der Waals surface area contributed by atoms with Crippen LogP contribution in [0.25, 0.3) is 0 Å². The van der Waals surface area contributed by atoms with Crippen molar-refractivity contribution in [3.8, 4) is 0 Å². The van der Waals surface area contributed by atoms with Crippen molar-refractivity contribution in [3.63, 3.8) is 0 Å². The molecule has 0 N–H and O–H groups in total. The largest absolute Gasteiger partial charge is 0.465 e. The Morgan fingerprint density at radius 2 is 0.867 bits per heavy atom. The predicted octanol–water partition coefficient (Wildman–Crippen LogP) is 8.21. The first-order chi connectivity index (χ1) is 34.4. The van der Waals surface area contributed by atoms with Gasteiger partial charge in [-0.2, -0.15) is 0 Å². The van der Waals surface area contributed by atoms with Crippen molar-refractivity contribution in [1.29, 1.82) is 0 Å². The smallest absolute Gasteiger partial charge is 0.350 e. The lowest BCUT2D eigenvalue weighted by Crippen LogP contribution is -2.43. The van der Waals surface area contributed by atoms with Crippen LogP contribution < -0.4 is 0 Å². The molecule has 5 saturated heterocycles. The Kier molecular flexibility index (Phi) is 25.9. The van der Waals surface area contributed by atoms with Crippen LogP contribution in [0.2, 0.25) is 0 Å². The van der Waals surface area contributed by atoms with Crippen molar-refractivity contribution in [1.82, 2.24) is 0 Å². The Hall–Kier alpha value is -5.30. The third kappa shape index (κ3) is 21.0. The summed E-state index contributed by atoms with van der Waals surface area (Å²) in [6.45, 7) is 34.4. The van der Waals surface area contributed by atoms with Gasteiger partial charge < -0.3 is 47.4 Å². The summed E-state index contributed by atoms with van der Waals surface area (Å²) >= 11 is 0. The fourth-order valence-corrected chi connectivity index (χ4v) is 6.52. The molecule has 0 aromatic carbocycles. The van der Waals surface area contributed by atoms with Gasteiger partial charge in [0.2, 0.25) is 17.3 Å². The van der Waals surface area contributed by atoms with Gasteiger partial charge in [0.25, 0.3) is 0 Å². The topological polar surface area (TPSA) is 263 Å². The van der Waals surface area contributed by atoms with Gasteiger partial charge >= 0.3 is 59.7 Å². The Balaban J connectivity index is 0.000000469. The second-order valence-corrected chi connectivity index (χ2v) is 22.9. The number of hydrogen-bond acceptors (Lipinski definition) is 20. The number of rotatable bonds is 15. The van der Waals surface area contributed by atoms with Crippen molar-refractivity contribution < 1.29 is 95.3 Å². The average Bonchev–Trinajstić information content (AvgIpc) is 3.94. The van der Waals surface area contributed by atoms with E-state index in [1.807, 2.05) is 69.2 Å². The Bertz CT molecular complexity index is 2010. The van der Waals surface area contributed by atoms with Crippen LogP contribution >= 0.6 is 0 Å². The zero-order valence-electron chi connectivity index (χ0n) is 48.3. The first-order valence-electron chi connectivity index (χ1n) is 26.4. The summed E-state index contributed by atoms with van der Waals surface area (Å²) < 4.78 is 50.5. The molecule has 20 heteroatoms. The molecule has 0 bridgehead atoms. The lowest BCUT2D eigenvalue weighted by molar-refractivity contribution is -0.183. The van der Waals surface area contributed by atoms with Gasteiger partial charge in [-0.15, -0.1) is 0 Å². The fraction of sp³-hybridized carbons (Fsp3) is 0.818. The molecule has 75 heavy (non-hydrogen) atoms. The third-order valence-electron chi connectivity index (χ3n) is 14.3. The molecule has 8 atom stereocenters. The minimum absolute atomic E-state index is 0.111. The fourth-order valence-electron chi connectivity index (χ4n) is 6.52. The highest BCUT2D eigenvalue weighted by Gasteiger charge is 2.48. The molecule has 0 saturated carbocycles. The van der Waals surface area contributed by atoms with E-state index in [4.69, 9.17) is 47.4 Å². The van der Waals surface area contributed by atoms with E-state index in [2.05, 4.69) is 0 Å². The zero-order chi connectivity index (χ0) is 58.0. The monoisotopic (exact) mass is 1070 g/mol. The molecule has 0 aromatic heterocycles. The lowest BCUT2D eigenvalue weighted by Gasteiger charge is -2.35. The summed E-state index contributed by atoms with van der Waals surface area (Å²) in [5.74, 6) is -3.81. The zero-order valence-corrected chi connectivity index (χ0v) is 48.3. The molecule has 5 rings (SSSR count). The van der Waals surface area contributed by atoms with E-state index < -0.39 is 62.7 Å². The molecule has 0 aliphatic carbocycles. The molecule has 5 fully saturated rings. The molecule has 430 valence electrons. The molecule has 20 nitrogen and oxygen atoms in total. The maximum absolute atomic E-state index is 11.9. The normalized spacial score (nSPS) is 26.9. The molecule has 8 unspecified atom stereocenters. The van der Waals surface area contributed by atoms with Crippen LogP contribution in [0, 0.1) is 34.0 Å². The number of carbonyl (C=O) groups excluding carboxylic acids is 10. The average molecular weight is 1070 g/mol. The van der Waals surface area contributed by atoms with Crippen LogP contribution in [0.1, 0.15) is 195 Å². The Morgan fingerprint density at radius 1 is 0.507 bits per heavy atom. The van der Waals surface area contributed by atoms with Crippen molar-refractivity contribution >= 4 is 59.7 Å². The molecule has 0 spiro atoms. The quantitative estimate of drug-likeness (QED) is 0.110. The van der Waals surface area contributed by atoms with Crippen molar-refractivity contribution in [2.45, 2.75) is 224 Å². The molecule has 5 aliphatic heterocycles. The summed E-state index contributed by atoms with van der Waals surface area (Å²) in [5, 5.41) is 0. The molecule has 0 amide bonds. The van der Waals surface area contributed by atoms with E-state index in [1.165, 1.54) is 0 Å². The van der Waals surface area contributed by atoms with E-state index in [0.717, 1.165) is 6.42 Å². The highest BCUT2D eigenvalue weighted by atomic mass is 16.6. The number of cyclic esters (lactones) is 5. The summed E-state index contributed by atoms with van der Waals surface area (Å²) in [6, 6.07) is 0. The number of carbonyl (C=O) groups is 10. The Labute approximate surface area is 444 Å². The van der Waals surface area contributed by atoms with Crippen molar-refractivity contribution in [2.24, 2.45) is 34.0 Å². The predicted molar refractivity (Wildman–Crippen MR) is 271 cm³/mol. The number of ether oxygens (including phenoxy) is 10. The van der Waals surface area contributed by atoms with E-state index >= 15 is 0 Å². The number of hydrogen-bond donors (Lipinski definition) is 0. The second kappa shape index (κ2) is 28.7. The molecular weight excluding hydrogens is 981 g/mol. The first kappa shape index (κ1) is 67.7. The van der Waals surface area contributed by atoms with E-state index in [0.29, 0.717) is 84.4 Å². The molecule has 0 aromatic rings. The maximum Gasteiger partial charge on any atom is 0.350 e. The lowest BCUT2D eigenvalue weighted by atomic mass is 9.89. The highest BCUT2D eigenvalue weighted by Crippen LogP contribution is 2.34. The van der Waals surface area contributed by atoms with Crippen LogP contribution in [0.3, 0.4) is 0 Å². The van der Waals surface area contributed by atoms with Gasteiger partial charge in [0.05, 0.1) is 67.9 Å². The minimum atomic E-state index is -1.08. The van der Waals surface area contributed by atoms with Crippen molar-refractivity contribution in [2.75, 3.05) is 33.0 Å². The van der Waals surface area contributed by atoms with Crippen molar-refractivity contribution in [3.05, 3.63) is 0 Å². The van der Waals surface area contributed by atoms with Gasteiger partial charge in [-0.3, -0.25) is 33.6 Å². The summed E-state index contributed by atoms with van der Waals surface area (Å²) in [5.41, 5.74) is -4.96. The van der Waals surface area contributed by atoms with Gasteiger partial charge in [0.15, 0.2) is 0 Å². The third-order valence-corrected chi connectivity index (χ3v) is 14.3. The summed E-state index contributed by atoms with van der Waals surface area (Å²) in [6.07, 6.45) is 5.18. The summed E-state index contributed by atoms with van der Waals surface area (Å²) in [7, 11) is 0. The number of esters is 10. The minimum Gasteiger partial charge on any atom is -0.465 e. The SMILES string of the molecule is CCC(C)(C)C(=O)OC1(C)CCOC(=O)C1.CCC(C)(C)C(=O)OC1(C)CCOC1=O.CCC(C)C(=O)OC1(C)CCOC(=O)C1.CCC(C)C(=O)OC1(C)CCOC1=O.CCC(C)C(=O)OC1C(=O)OCC1(C)C. The second-order valence-electron chi connectivity index (χ2n) is 22.9. The van der Waals surface area contributed by atoms with Crippen LogP contribution in [-0.4, -0.2) is 121 Å². The summed E-state index contributed by atoms with van der Waals surface area (Å²) in [4.78, 5) is 114. The first-order valence-corrected chi connectivity index (χ1v) is 26.4.